The van der Waals surface area contributed by atoms with E-state index in [0.29, 0.717) is 18.4 Å². The molecule has 1 aliphatic carbocycles. The second kappa shape index (κ2) is 17.1. The molecule has 0 bridgehead atoms. The zero-order valence-corrected chi connectivity index (χ0v) is 27.1. The monoisotopic (exact) mass is 635 g/mol. The number of benzene rings is 1. The molecule has 1 saturated carbocycles. The summed E-state index contributed by atoms with van der Waals surface area (Å²) in [6.07, 6.45) is -14.0. The SMILES string of the molecule is CC([O-])=NC[C@@H]1O[C@H](O[C@H]2CCCC[C@@H]2O[C@H]2O[C@H](C)[C@@H](O)[C@@H](O)[C@H]2O)[C@H](O)[C@@H](O[C@@H](Cc2ccccc2)C(=O)O)[C@@H]1O.[Na+]. The molecule has 14 nitrogen and oxygen atoms in total. The van der Waals surface area contributed by atoms with Crippen LogP contribution in [0, 0.1) is 0 Å². The largest absolute Gasteiger partial charge is 1.00 e. The summed E-state index contributed by atoms with van der Waals surface area (Å²) in [5.41, 5.74) is 0.670. The topological polar surface area (TPSA) is 220 Å². The molecule has 4 rings (SSSR count). The molecule has 242 valence electrons. The first kappa shape index (κ1) is 37.2. The maximum absolute atomic E-state index is 12.1. The van der Waals surface area contributed by atoms with Gasteiger partial charge in [-0.2, -0.15) is 0 Å². The number of hydrogen-bond acceptors (Lipinski definition) is 13. The second-order valence-corrected chi connectivity index (χ2v) is 11.3. The molecule has 15 heteroatoms. The fraction of sp³-hybridized carbons (Fsp3) is 0.724. The van der Waals surface area contributed by atoms with Gasteiger partial charge in [0.1, 0.15) is 42.7 Å². The predicted molar refractivity (Wildman–Crippen MR) is 146 cm³/mol. The Balaban J connectivity index is 0.00000529. The predicted octanol–water partition coefficient (Wildman–Crippen LogP) is -4.53. The molecule has 0 radical (unpaired) electrons. The zero-order valence-electron chi connectivity index (χ0n) is 25.1. The van der Waals surface area contributed by atoms with Crippen molar-refractivity contribution >= 4 is 11.9 Å². The van der Waals surface area contributed by atoms with Crippen LogP contribution in [0.3, 0.4) is 0 Å². The summed E-state index contributed by atoms with van der Waals surface area (Å²) in [5.74, 6) is -1.82. The van der Waals surface area contributed by atoms with Crippen LogP contribution in [0.5, 0.6) is 0 Å². The van der Waals surface area contributed by atoms with Crippen LogP contribution >= 0.6 is 0 Å². The van der Waals surface area contributed by atoms with E-state index in [1.54, 1.807) is 30.3 Å². The van der Waals surface area contributed by atoms with Crippen LogP contribution in [0.1, 0.15) is 45.1 Å². The fourth-order valence-electron chi connectivity index (χ4n) is 5.60. The van der Waals surface area contributed by atoms with Crippen molar-refractivity contribution in [3.8, 4) is 0 Å². The minimum absolute atomic E-state index is 0. The number of nitrogens with zero attached hydrogens (tertiary/aromatic N) is 1. The van der Waals surface area contributed by atoms with Gasteiger partial charge in [-0.05, 0) is 38.2 Å². The molecule has 2 heterocycles. The van der Waals surface area contributed by atoms with E-state index >= 15 is 0 Å². The van der Waals surface area contributed by atoms with Gasteiger partial charge in [0.25, 0.3) is 0 Å². The number of carbonyl (C=O) groups is 1. The molecule has 0 unspecified atom stereocenters. The van der Waals surface area contributed by atoms with Gasteiger partial charge in [0.05, 0.1) is 24.9 Å². The molecule has 44 heavy (non-hydrogen) atoms. The second-order valence-electron chi connectivity index (χ2n) is 11.3. The Bertz CT molecular complexity index is 1060. The standard InChI is InChI=1S/C29H43NO13.Na/c1-14-21(32)23(34)24(35)28(39-14)41-17-10-6-7-11-18(17)42-29-25(36)26(22(33)20(43-29)13-30-15(2)31)40-19(27(37)38)12-16-8-4-3-5-9-16;/h3-5,8-9,14,17-26,28-29,32-36H,6-7,10-13H2,1-2H3,(H,30,31)(H,37,38);/q;+1/p-1/t14-,17+,18+,19+,20+,21-,22-,23-,24-,25-,26+,28-,29+;/m1./s1. The Kier molecular flexibility index (Phi) is 14.4. The van der Waals surface area contributed by atoms with Gasteiger partial charge in [-0.25, -0.2) is 4.79 Å². The van der Waals surface area contributed by atoms with Crippen molar-refractivity contribution in [3.05, 3.63) is 35.9 Å². The molecular weight excluding hydrogens is 593 g/mol. The van der Waals surface area contributed by atoms with Crippen LogP contribution < -0.4 is 34.7 Å². The first-order valence-corrected chi connectivity index (χ1v) is 14.6. The quantitative estimate of drug-likeness (QED) is 0.0768. The first-order valence-electron chi connectivity index (χ1n) is 14.6. The van der Waals surface area contributed by atoms with E-state index < -0.39 is 91.6 Å². The van der Waals surface area contributed by atoms with Crippen molar-refractivity contribution < 1.29 is 93.8 Å². The van der Waals surface area contributed by atoms with E-state index in [4.69, 9.17) is 23.7 Å². The van der Waals surface area contributed by atoms with Crippen molar-refractivity contribution in [1.82, 2.24) is 0 Å². The molecule has 0 aromatic heterocycles. The summed E-state index contributed by atoms with van der Waals surface area (Å²) in [5, 5.41) is 74.4. The van der Waals surface area contributed by atoms with Crippen LogP contribution in [0.2, 0.25) is 0 Å². The van der Waals surface area contributed by atoms with Crippen molar-refractivity contribution in [2.75, 3.05) is 6.54 Å². The summed E-state index contributed by atoms with van der Waals surface area (Å²) in [4.78, 5) is 15.9. The molecule has 13 atom stereocenters. The third kappa shape index (κ3) is 9.41. The van der Waals surface area contributed by atoms with E-state index in [1.807, 2.05) is 0 Å². The Hall–Kier alpha value is -1.24. The van der Waals surface area contributed by atoms with Crippen LogP contribution in [-0.2, 0) is 34.9 Å². The summed E-state index contributed by atoms with van der Waals surface area (Å²) in [6, 6.07) is 8.74. The smallest absolute Gasteiger partial charge is 0.862 e. The molecule has 0 spiro atoms. The maximum Gasteiger partial charge on any atom is 1.00 e. The van der Waals surface area contributed by atoms with Crippen LogP contribution in [0.25, 0.3) is 0 Å². The van der Waals surface area contributed by atoms with Gasteiger partial charge < -0.3 is 64.4 Å². The number of ether oxygens (including phenoxy) is 5. The van der Waals surface area contributed by atoms with Crippen LogP contribution in [0.15, 0.2) is 35.3 Å². The Morgan fingerprint density at radius 2 is 1.52 bits per heavy atom. The van der Waals surface area contributed by atoms with Crippen LogP contribution in [0.4, 0.5) is 0 Å². The fourth-order valence-corrected chi connectivity index (χ4v) is 5.60. The third-order valence-corrected chi connectivity index (χ3v) is 8.06. The number of rotatable bonds is 11. The zero-order chi connectivity index (χ0) is 31.3. The summed E-state index contributed by atoms with van der Waals surface area (Å²) >= 11 is 0. The van der Waals surface area contributed by atoms with Gasteiger partial charge >= 0.3 is 35.5 Å². The Morgan fingerprint density at radius 1 is 0.932 bits per heavy atom. The number of carboxylic acids is 1. The third-order valence-electron chi connectivity index (χ3n) is 8.06. The van der Waals surface area contributed by atoms with E-state index in [0.717, 1.165) is 12.8 Å². The number of aliphatic imine (C=N–C) groups is 1. The van der Waals surface area contributed by atoms with E-state index in [-0.39, 0.29) is 42.5 Å². The van der Waals surface area contributed by atoms with Crippen molar-refractivity contribution in [2.45, 2.75) is 126 Å². The molecule has 0 amide bonds. The normalized spacial score (nSPS) is 38.8. The Labute approximate surface area is 277 Å². The van der Waals surface area contributed by atoms with E-state index in [1.165, 1.54) is 13.8 Å². The van der Waals surface area contributed by atoms with Gasteiger partial charge in [0.15, 0.2) is 18.7 Å². The van der Waals surface area contributed by atoms with E-state index in [2.05, 4.69) is 4.99 Å². The van der Waals surface area contributed by atoms with Gasteiger partial charge in [0, 0.05) is 6.42 Å². The molecule has 2 aliphatic heterocycles. The first-order chi connectivity index (χ1) is 20.5. The van der Waals surface area contributed by atoms with Gasteiger partial charge in [-0.15, -0.1) is 0 Å². The number of aliphatic hydroxyl groups excluding tert-OH is 5. The molecule has 1 aromatic rings. The summed E-state index contributed by atoms with van der Waals surface area (Å²) in [7, 11) is 0. The van der Waals surface area contributed by atoms with Crippen molar-refractivity contribution in [3.63, 3.8) is 0 Å². The van der Waals surface area contributed by atoms with Crippen molar-refractivity contribution in [2.24, 2.45) is 4.99 Å². The van der Waals surface area contributed by atoms with Gasteiger partial charge in [-0.3, -0.25) is 0 Å². The summed E-state index contributed by atoms with van der Waals surface area (Å²) < 4.78 is 29.4. The molecule has 2 saturated heterocycles. The number of hydrogen-bond donors (Lipinski definition) is 6. The number of aliphatic hydroxyl groups is 5. The average molecular weight is 636 g/mol. The minimum Gasteiger partial charge on any atom is -0.862 e. The number of carboxylic acid groups (broad SMARTS) is 1. The molecule has 3 aliphatic rings. The van der Waals surface area contributed by atoms with Crippen LogP contribution in [-0.4, -0.2) is 129 Å². The summed E-state index contributed by atoms with van der Waals surface area (Å²) in [6.45, 7) is 2.48. The van der Waals surface area contributed by atoms with Gasteiger partial charge in [0.2, 0.25) is 0 Å². The minimum atomic E-state index is -1.64. The number of aliphatic carboxylic acids is 1. The molecule has 1 aromatic carbocycles. The van der Waals surface area contributed by atoms with Gasteiger partial charge in [-0.1, -0.05) is 43.2 Å². The molecule has 3 fully saturated rings. The van der Waals surface area contributed by atoms with E-state index in [9.17, 15) is 40.5 Å². The van der Waals surface area contributed by atoms with Crippen molar-refractivity contribution in [1.29, 1.82) is 0 Å². The average Bonchev–Trinajstić information content (AvgIpc) is 2.98. The Morgan fingerprint density at radius 3 is 2.09 bits per heavy atom. The molecular formula is C29H42NNaO13. The molecule has 6 N–H and O–H groups in total. The maximum atomic E-state index is 12.1.